The number of aryl methyl sites for hydroxylation is 1. The van der Waals surface area contributed by atoms with Crippen LogP contribution in [0.5, 0.6) is 0 Å². The number of anilines is 1. The third-order valence-electron chi connectivity index (χ3n) is 3.22. The SMILES string of the molecule is CCCc1nc2cc(N)ccc2n1CCOCCOC. The molecule has 0 radical (unpaired) electrons. The molecule has 1 heterocycles. The maximum absolute atomic E-state index is 5.82. The van der Waals surface area contributed by atoms with E-state index < -0.39 is 0 Å². The molecular formula is C15H23N3O2. The molecule has 2 N–H and O–H groups in total. The second kappa shape index (κ2) is 7.26. The predicted molar refractivity (Wildman–Crippen MR) is 80.8 cm³/mol. The highest BCUT2D eigenvalue weighted by Crippen LogP contribution is 2.20. The van der Waals surface area contributed by atoms with E-state index in [1.54, 1.807) is 7.11 Å². The van der Waals surface area contributed by atoms with Crippen LogP contribution >= 0.6 is 0 Å². The van der Waals surface area contributed by atoms with Gasteiger partial charge >= 0.3 is 0 Å². The van der Waals surface area contributed by atoms with Gasteiger partial charge in [-0.05, 0) is 24.6 Å². The standard InChI is InChI=1S/C15H23N3O2/c1-3-4-15-17-13-11-12(16)5-6-14(13)18(15)7-8-20-10-9-19-2/h5-6,11H,3-4,7-10,16H2,1-2H3. The van der Waals surface area contributed by atoms with E-state index in [1.165, 1.54) is 0 Å². The summed E-state index contributed by atoms with van der Waals surface area (Å²) in [5.74, 6) is 1.10. The highest BCUT2D eigenvalue weighted by molar-refractivity contribution is 5.79. The first-order valence-corrected chi connectivity index (χ1v) is 7.07. The lowest BCUT2D eigenvalue weighted by Gasteiger charge is -2.09. The largest absolute Gasteiger partial charge is 0.399 e. The van der Waals surface area contributed by atoms with Gasteiger partial charge in [0, 0.05) is 25.8 Å². The molecule has 0 aliphatic carbocycles. The van der Waals surface area contributed by atoms with Crippen molar-refractivity contribution in [2.45, 2.75) is 26.3 Å². The number of hydrogen-bond donors (Lipinski definition) is 1. The van der Waals surface area contributed by atoms with Crippen LogP contribution in [0, 0.1) is 0 Å². The molecule has 0 amide bonds. The molecule has 0 aliphatic heterocycles. The number of nitrogens with two attached hydrogens (primary N) is 1. The van der Waals surface area contributed by atoms with Crippen LogP contribution in [0.15, 0.2) is 18.2 Å². The van der Waals surface area contributed by atoms with E-state index in [9.17, 15) is 0 Å². The maximum atomic E-state index is 5.82. The average Bonchev–Trinajstić information content (AvgIpc) is 2.76. The summed E-state index contributed by atoms with van der Waals surface area (Å²) in [6.45, 7) is 4.88. The summed E-state index contributed by atoms with van der Waals surface area (Å²) in [7, 11) is 1.68. The Morgan fingerprint density at radius 2 is 2.10 bits per heavy atom. The molecule has 2 rings (SSSR count). The summed E-state index contributed by atoms with van der Waals surface area (Å²) in [4.78, 5) is 4.68. The minimum atomic E-state index is 0.624. The van der Waals surface area contributed by atoms with Gasteiger partial charge in [-0.15, -0.1) is 0 Å². The van der Waals surface area contributed by atoms with Gasteiger partial charge in [-0.3, -0.25) is 0 Å². The average molecular weight is 277 g/mol. The summed E-state index contributed by atoms with van der Waals surface area (Å²) in [5.41, 5.74) is 8.66. The Hall–Kier alpha value is -1.59. The highest BCUT2D eigenvalue weighted by Gasteiger charge is 2.10. The predicted octanol–water partition coefficient (Wildman–Crippen LogP) is 2.23. The summed E-state index contributed by atoms with van der Waals surface area (Å²) >= 11 is 0. The van der Waals surface area contributed by atoms with Crippen LogP contribution in [0.3, 0.4) is 0 Å². The van der Waals surface area contributed by atoms with Gasteiger partial charge in [0.15, 0.2) is 0 Å². The van der Waals surface area contributed by atoms with Crippen LogP contribution in [0.4, 0.5) is 5.69 Å². The lowest BCUT2D eigenvalue weighted by molar-refractivity contribution is 0.0667. The Labute approximate surface area is 119 Å². The number of nitrogen functional groups attached to an aromatic ring is 1. The third kappa shape index (κ3) is 3.49. The van der Waals surface area contributed by atoms with Crippen LogP contribution < -0.4 is 5.73 Å². The van der Waals surface area contributed by atoms with Gasteiger partial charge in [-0.2, -0.15) is 0 Å². The molecule has 0 fully saturated rings. The van der Waals surface area contributed by atoms with Crippen molar-refractivity contribution in [2.24, 2.45) is 0 Å². The molecule has 20 heavy (non-hydrogen) atoms. The summed E-state index contributed by atoms with van der Waals surface area (Å²) < 4.78 is 12.7. The molecule has 0 aliphatic rings. The minimum absolute atomic E-state index is 0.624. The molecule has 5 nitrogen and oxygen atoms in total. The van der Waals surface area contributed by atoms with E-state index in [0.717, 1.165) is 41.9 Å². The van der Waals surface area contributed by atoms with E-state index in [0.29, 0.717) is 19.8 Å². The molecule has 5 heteroatoms. The second-order valence-corrected chi connectivity index (χ2v) is 4.78. The first-order valence-electron chi connectivity index (χ1n) is 7.07. The summed E-state index contributed by atoms with van der Waals surface area (Å²) in [6.07, 6.45) is 2.04. The molecule has 1 aromatic heterocycles. The lowest BCUT2D eigenvalue weighted by atomic mass is 10.3. The van der Waals surface area contributed by atoms with Crippen LogP contribution in [0.1, 0.15) is 19.2 Å². The number of rotatable bonds is 8. The van der Waals surface area contributed by atoms with Gasteiger partial charge in [0.2, 0.25) is 0 Å². The van der Waals surface area contributed by atoms with Crippen molar-refractivity contribution in [2.75, 3.05) is 32.7 Å². The molecule has 1 aromatic carbocycles. The zero-order chi connectivity index (χ0) is 14.4. The quantitative estimate of drug-likeness (QED) is 0.593. The monoisotopic (exact) mass is 277 g/mol. The van der Waals surface area contributed by atoms with Crippen molar-refractivity contribution in [1.29, 1.82) is 0 Å². The number of imidazole rings is 1. The Balaban J connectivity index is 2.13. The van der Waals surface area contributed by atoms with Gasteiger partial charge in [0.25, 0.3) is 0 Å². The Kier molecular flexibility index (Phi) is 5.38. The lowest BCUT2D eigenvalue weighted by Crippen LogP contribution is -2.11. The van der Waals surface area contributed by atoms with Crippen LogP contribution in [0.2, 0.25) is 0 Å². The van der Waals surface area contributed by atoms with Crippen molar-refractivity contribution < 1.29 is 9.47 Å². The Bertz CT molecular complexity index is 551. The van der Waals surface area contributed by atoms with Crippen LogP contribution in [-0.4, -0.2) is 36.5 Å². The number of aromatic nitrogens is 2. The number of ether oxygens (including phenoxy) is 2. The second-order valence-electron chi connectivity index (χ2n) is 4.78. The molecule has 0 unspecified atom stereocenters. The van der Waals surface area contributed by atoms with Gasteiger partial charge in [-0.25, -0.2) is 4.98 Å². The molecular weight excluding hydrogens is 254 g/mol. The van der Waals surface area contributed by atoms with E-state index in [1.807, 2.05) is 18.2 Å². The fraction of sp³-hybridized carbons (Fsp3) is 0.533. The Morgan fingerprint density at radius 1 is 1.25 bits per heavy atom. The molecule has 0 atom stereocenters. The molecule has 0 spiro atoms. The van der Waals surface area contributed by atoms with Crippen LogP contribution in [0.25, 0.3) is 11.0 Å². The van der Waals surface area contributed by atoms with E-state index in [2.05, 4.69) is 16.5 Å². The normalized spacial score (nSPS) is 11.3. The third-order valence-corrected chi connectivity index (χ3v) is 3.22. The topological polar surface area (TPSA) is 62.3 Å². The summed E-state index contributed by atoms with van der Waals surface area (Å²) in [6, 6.07) is 5.88. The van der Waals surface area contributed by atoms with Crippen LogP contribution in [-0.2, 0) is 22.4 Å². The number of nitrogens with zero attached hydrogens (tertiary/aromatic N) is 2. The number of benzene rings is 1. The van der Waals surface area contributed by atoms with Crippen molar-refractivity contribution in [3.05, 3.63) is 24.0 Å². The smallest absolute Gasteiger partial charge is 0.109 e. The molecule has 0 saturated carbocycles. The van der Waals surface area contributed by atoms with E-state index in [-0.39, 0.29) is 0 Å². The maximum Gasteiger partial charge on any atom is 0.109 e. The number of fused-ring (bicyclic) bond motifs is 1. The highest BCUT2D eigenvalue weighted by atomic mass is 16.5. The molecule has 0 saturated heterocycles. The first-order chi connectivity index (χ1) is 9.76. The van der Waals surface area contributed by atoms with Gasteiger partial charge in [-0.1, -0.05) is 6.92 Å². The van der Waals surface area contributed by atoms with E-state index in [4.69, 9.17) is 15.2 Å². The fourth-order valence-electron chi connectivity index (χ4n) is 2.26. The first kappa shape index (κ1) is 14.8. The van der Waals surface area contributed by atoms with Crippen molar-refractivity contribution in [3.8, 4) is 0 Å². The molecule has 0 bridgehead atoms. The van der Waals surface area contributed by atoms with Crippen molar-refractivity contribution in [3.63, 3.8) is 0 Å². The van der Waals surface area contributed by atoms with Gasteiger partial charge < -0.3 is 19.8 Å². The van der Waals surface area contributed by atoms with Crippen molar-refractivity contribution in [1.82, 2.24) is 9.55 Å². The Morgan fingerprint density at radius 3 is 2.85 bits per heavy atom. The number of hydrogen-bond acceptors (Lipinski definition) is 4. The van der Waals surface area contributed by atoms with Gasteiger partial charge in [0.1, 0.15) is 5.82 Å². The molecule has 110 valence electrons. The molecule has 2 aromatic rings. The minimum Gasteiger partial charge on any atom is -0.399 e. The summed E-state index contributed by atoms with van der Waals surface area (Å²) in [5, 5.41) is 0. The zero-order valence-electron chi connectivity index (χ0n) is 12.3. The zero-order valence-corrected chi connectivity index (χ0v) is 12.3. The van der Waals surface area contributed by atoms with E-state index >= 15 is 0 Å². The number of methoxy groups -OCH3 is 1. The van der Waals surface area contributed by atoms with Gasteiger partial charge in [0.05, 0.1) is 30.9 Å². The fourth-order valence-corrected chi connectivity index (χ4v) is 2.26. The van der Waals surface area contributed by atoms with Crippen molar-refractivity contribution >= 4 is 16.7 Å².